The molecule has 128 valence electrons. The van der Waals surface area contributed by atoms with E-state index in [4.69, 9.17) is 21.1 Å². The van der Waals surface area contributed by atoms with Gasteiger partial charge in [-0.25, -0.2) is 9.97 Å². The second kappa shape index (κ2) is 6.41. The van der Waals surface area contributed by atoms with E-state index in [1.807, 2.05) is 43.3 Å². The van der Waals surface area contributed by atoms with Gasteiger partial charge in [-0.3, -0.25) is 0 Å². The highest BCUT2D eigenvalue weighted by Crippen LogP contribution is 2.36. The van der Waals surface area contributed by atoms with Crippen LogP contribution in [0, 0.1) is 6.92 Å². The van der Waals surface area contributed by atoms with Gasteiger partial charge < -0.3 is 14.8 Å². The Morgan fingerprint density at radius 3 is 2.60 bits per heavy atom. The fourth-order valence-corrected chi connectivity index (χ4v) is 3.15. The molecule has 5 nitrogen and oxygen atoms in total. The molecule has 4 rings (SSSR count). The van der Waals surface area contributed by atoms with Gasteiger partial charge in [0.05, 0.1) is 11.6 Å². The van der Waals surface area contributed by atoms with Gasteiger partial charge in [0.1, 0.15) is 24.9 Å². The van der Waals surface area contributed by atoms with Gasteiger partial charge in [-0.15, -0.1) is 0 Å². The number of fused-ring (bicyclic) bond motifs is 2. The number of hydrogen-bond donors (Lipinski definition) is 1. The van der Waals surface area contributed by atoms with Gasteiger partial charge in [-0.1, -0.05) is 23.7 Å². The van der Waals surface area contributed by atoms with Crippen LogP contribution in [0.25, 0.3) is 10.9 Å². The average Bonchev–Trinajstić information content (AvgIpc) is 2.60. The minimum atomic E-state index is 0.0457. The molecule has 2 heterocycles. The molecule has 0 saturated heterocycles. The van der Waals surface area contributed by atoms with Gasteiger partial charge in [0.15, 0.2) is 11.5 Å². The predicted octanol–water partition coefficient (Wildman–Crippen LogP) is 4.54. The topological polar surface area (TPSA) is 56.3 Å². The van der Waals surface area contributed by atoms with E-state index in [9.17, 15) is 0 Å². The maximum Gasteiger partial charge on any atom is 0.163 e. The lowest BCUT2D eigenvalue weighted by molar-refractivity contribution is 0.172. The molecule has 0 amide bonds. The van der Waals surface area contributed by atoms with Crippen molar-refractivity contribution in [1.82, 2.24) is 9.97 Å². The van der Waals surface area contributed by atoms with E-state index in [-0.39, 0.29) is 6.04 Å². The number of ether oxygens (including phenoxy) is 2. The molecule has 6 heteroatoms. The number of hydrogen-bond acceptors (Lipinski definition) is 5. The summed E-state index contributed by atoms with van der Waals surface area (Å²) in [6.45, 7) is 5.06. The standard InChI is InChI=1S/C19H18ClN3O2/c1-11(13-4-3-5-14(20)8-13)21-19-15-9-17-18(25-7-6-24-17)10-16(15)22-12(2)23-19/h3-5,8-11H,6-7H2,1-2H3,(H,21,22,23)/t11-/m1/s1. The zero-order chi connectivity index (χ0) is 17.4. The van der Waals surface area contributed by atoms with Crippen molar-refractivity contribution in [3.05, 3.63) is 52.8 Å². The third-order valence-electron chi connectivity index (χ3n) is 4.17. The van der Waals surface area contributed by atoms with Crippen LogP contribution in [-0.2, 0) is 0 Å². The van der Waals surface area contributed by atoms with Crippen molar-refractivity contribution in [3.8, 4) is 11.5 Å². The number of halogens is 1. The van der Waals surface area contributed by atoms with E-state index in [1.54, 1.807) is 0 Å². The summed E-state index contributed by atoms with van der Waals surface area (Å²) in [5, 5.41) is 5.09. The monoisotopic (exact) mass is 355 g/mol. The zero-order valence-corrected chi connectivity index (χ0v) is 14.8. The molecule has 0 aliphatic carbocycles. The first kappa shape index (κ1) is 16.0. The van der Waals surface area contributed by atoms with Gasteiger partial charge in [0.25, 0.3) is 0 Å². The van der Waals surface area contributed by atoms with E-state index in [1.165, 1.54) is 0 Å². The van der Waals surface area contributed by atoms with E-state index in [2.05, 4.69) is 22.2 Å². The van der Waals surface area contributed by atoms with Gasteiger partial charge >= 0.3 is 0 Å². The quantitative estimate of drug-likeness (QED) is 0.747. The molecule has 1 aliphatic rings. The van der Waals surface area contributed by atoms with Crippen molar-refractivity contribution >= 4 is 28.3 Å². The third kappa shape index (κ3) is 3.20. The summed E-state index contributed by atoms with van der Waals surface area (Å²) < 4.78 is 11.4. The lowest BCUT2D eigenvalue weighted by atomic mass is 10.1. The summed E-state index contributed by atoms with van der Waals surface area (Å²) in [5.41, 5.74) is 1.92. The highest BCUT2D eigenvalue weighted by Gasteiger charge is 2.17. The Bertz CT molecular complexity index is 945. The molecule has 0 spiro atoms. The molecule has 0 unspecified atom stereocenters. The minimum Gasteiger partial charge on any atom is -0.486 e. The van der Waals surface area contributed by atoms with Crippen LogP contribution in [0.15, 0.2) is 36.4 Å². The first-order chi connectivity index (χ1) is 12.1. The van der Waals surface area contributed by atoms with Gasteiger partial charge in [0.2, 0.25) is 0 Å². The molecular weight excluding hydrogens is 338 g/mol. The lowest BCUT2D eigenvalue weighted by Gasteiger charge is -2.21. The van der Waals surface area contributed by atoms with Crippen molar-refractivity contribution in [3.63, 3.8) is 0 Å². The van der Waals surface area contributed by atoms with Gasteiger partial charge in [-0.05, 0) is 37.6 Å². The average molecular weight is 356 g/mol. The normalized spacial score (nSPS) is 14.4. The Labute approximate surface area is 151 Å². The molecular formula is C19H18ClN3O2. The second-order valence-corrected chi connectivity index (χ2v) is 6.49. The smallest absolute Gasteiger partial charge is 0.163 e. The van der Waals surface area contributed by atoms with Crippen LogP contribution in [0.4, 0.5) is 5.82 Å². The zero-order valence-electron chi connectivity index (χ0n) is 14.0. The third-order valence-corrected chi connectivity index (χ3v) is 4.41. The first-order valence-corrected chi connectivity index (χ1v) is 8.58. The molecule has 25 heavy (non-hydrogen) atoms. The van der Waals surface area contributed by atoms with Crippen molar-refractivity contribution in [2.75, 3.05) is 18.5 Å². The van der Waals surface area contributed by atoms with Crippen LogP contribution in [0.2, 0.25) is 5.02 Å². The van der Waals surface area contributed by atoms with Crippen LogP contribution in [0.1, 0.15) is 24.4 Å². The maximum atomic E-state index is 6.11. The molecule has 0 saturated carbocycles. The van der Waals surface area contributed by atoms with Crippen molar-refractivity contribution in [2.45, 2.75) is 19.9 Å². The van der Waals surface area contributed by atoms with E-state index in [0.29, 0.717) is 19.0 Å². The van der Waals surface area contributed by atoms with Crippen LogP contribution >= 0.6 is 11.6 Å². The molecule has 2 aromatic carbocycles. The first-order valence-electron chi connectivity index (χ1n) is 8.20. The van der Waals surface area contributed by atoms with Crippen LogP contribution < -0.4 is 14.8 Å². The SMILES string of the molecule is Cc1nc(N[C@H](C)c2cccc(Cl)c2)c2cc3c(cc2n1)OCCO3. The number of aryl methyl sites for hydroxylation is 1. The highest BCUT2D eigenvalue weighted by molar-refractivity contribution is 6.30. The molecule has 1 aromatic heterocycles. The largest absolute Gasteiger partial charge is 0.486 e. The number of anilines is 1. The molecule has 1 aliphatic heterocycles. The molecule has 3 aromatic rings. The van der Waals surface area contributed by atoms with Crippen LogP contribution in [0.3, 0.4) is 0 Å². The molecule has 0 radical (unpaired) electrons. The lowest BCUT2D eigenvalue weighted by Crippen LogP contribution is -2.15. The van der Waals surface area contributed by atoms with E-state index in [0.717, 1.165) is 38.8 Å². The van der Waals surface area contributed by atoms with Crippen LogP contribution in [0.5, 0.6) is 11.5 Å². The Kier molecular flexibility index (Phi) is 4.09. The number of aromatic nitrogens is 2. The summed E-state index contributed by atoms with van der Waals surface area (Å²) >= 11 is 6.11. The number of nitrogens with zero attached hydrogens (tertiary/aromatic N) is 2. The summed E-state index contributed by atoms with van der Waals surface area (Å²) in [4.78, 5) is 9.12. The molecule has 1 N–H and O–H groups in total. The Morgan fingerprint density at radius 2 is 1.84 bits per heavy atom. The van der Waals surface area contributed by atoms with E-state index >= 15 is 0 Å². The summed E-state index contributed by atoms with van der Waals surface area (Å²) in [6.07, 6.45) is 0. The van der Waals surface area contributed by atoms with Gasteiger partial charge in [0, 0.05) is 16.5 Å². The van der Waals surface area contributed by atoms with Crippen molar-refractivity contribution < 1.29 is 9.47 Å². The highest BCUT2D eigenvalue weighted by atomic mass is 35.5. The molecule has 1 atom stereocenters. The van der Waals surface area contributed by atoms with Gasteiger partial charge in [-0.2, -0.15) is 0 Å². The Hall–Kier alpha value is -2.53. The van der Waals surface area contributed by atoms with Crippen molar-refractivity contribution in [1.29, 1.82) is 0 Å². The molecule has 0 bridgehead atoms. The summed E-state index contributed by atoms with van der Waals surface area (Å²) in [6, 6.07) is 11.7. The number of rotatable bonds is 3. The Morgan fingerprint density at radius 1 is 1.08 bits per heavy atom. The number of nitrogens with one attached hydrogen (secondary N) is 1. The fourth-order valence-electron chi connectivity index (χ4n) is 2.96. The molecule has 0 fully saturated rings. The predicted molar refractivity (Wildman–Crippen MR) is 98.8 cm³/mol. The fraction of sp³-hybridized carbons (Fsp3) is 0.263. The van der Waals surface area contributed by atoms with Crippen molar-refractivity contribution in [2.24, 2.45) is 0 Å². The van der Waals surface area contributed by atoms with E-state index < -0.39 is 0 Å². The maximum absolute atomic E-state index is 6.11. The second-order valence-electron chi connectivity index (χ2n) is 6.05. The minimum absolute atomic E-state index is 0.0457. The summed E-state index contributed by atoms with van der Waals surface area (Å²) in [5.74, 6) is 2.92. The van der Waals surface area contributed by atoms with Crippen LogP contribution in [-0.4, -0.2) is 23.2 Å². The Balaban J connectivity index is 1.75. The summed E-state index contributed by atoms with van der Waals surface area (Å²) in [7, 11) is 0. The number of benzene rings is 2.